The van der Waals surface area contributed by atoms with Crippen LogP contribution < -0.4 is 15.4 Å². The molecule has 0 aliphatic carbocycles. The molecule has 0 aromatic heterocycles. The Morgan fingerprint density at radius 3 is 2.58 bits per heavy atom. The summed E-state index contributed by atoms with van der Waals surface area (Å²) in [6.45, 7) is 6.39. The summed E-state index contributed by atoms with van der Waals surface area (Å²) in [6, 6.07) is 16.4. The summed E-state index contributed by atoms with van der Waals surface area (Å²) in [6.07, 6.45) is 0. The Morgan fingerprint density at radius 1 is 1.08 bits per heavy atom. The van der Waals surface area contributed by atoms with E-state index in [0.29, 0.717) is 6.54 Å². The zero-order chi connectivity index (χ0) is 16.5. The molecule has 0 fully saturated rings. The first-order valence-electron chi connectivity index (χ1n) is 7.92. The van der Waals surface area contributed by atoms with Crippen molar-refractivity contribution in [3.63, 3.8) is 0 Å². The molecule has 2 N–H and O–H groups in total. The molecule has 130 valence electrons. The van der Waals surface area contributed by atoms with Gasteiger partial charge in [0.25, 0.3) is 0 Å². The van der Waals surface area contributed by atoms with Crippen LogP contribution in [0.2, 0.25) is 0 Å². The van der Waals surface area contributed by atoms with E-state index >= 15 is 0 Å². The summed E-state index contributed by atoms with van der Waals surface area (Å²) in [4.78, 5) is 4.64. The number of nitrogens with one attached hydrogen (secondary N) is 2. The fourth-order valence-corrected chi connectivity index (χ4v) is 2.27. The van der Waals surface area contributed by atoms with Crippen molar-refractivity contribution in [2.75, 3.05) is 13.7 Å². The van der Waals surface area contributed by atoms with Gasteiger partial charge in [0.05, 0.1) is 13.7 Å². The lowest BCUT2D eigenvalue weighted by atomic mass is 10.1. The van der Waals surface area contributed by atoms with Gasteiger partial charge in [0.1, 0.15) is 5.75 Å². The zero-order valence-corrected chi connectivity index (χ0v) is 16.8. The molecule has 2 rings (SSSR count). The van der Waals surface area contributed by atoms with Crippen LogP contribution in [0, 0.1) is 6.92 Å². The molecule has 0 heterocycles. The number of hydrogen-bond acceptors (Lipinski definition) is 2. The van der Waals surface area contributed by atoms with E-state index in [-0.39, 0.29) is 24.0 Å². The fraction of sp³-hybridized carbons (Fsp3) is 0.316. The highest BCUT2D eigenvalue weighted by molar-refractivity contribution is 14.0. The lowest BCUT2D eigenvalue weighted by Crippen LogP contribution is -2.36. The summed E-state index contributed by atoms with van der Waals surface area (Å²) in [5.41, 5.74) is 3.68. The lowest BCUT2D eigenvalue weighted by molar-refractivity contribution is 0.414. The maximum Gasteiger partial charge on any atom is 0.191 e. The highest BCUT2D eigenvalue weighted by Gasteiger charge is 2.01. The van der Waals surface area contributed by atoms with Gasteiger partial charge in [0.15, 0.2) is 5.96 Å². The lowest BCUT2D eigenvalue weighted by Gasteiger charge is -2.13. The molecule has 0 radical (unpaired) electrons. The van der Waals surface area contributed by atoms with E-state index in [1.54, 1.807) is 7.11 Å². The second-order valence-electron chi connectivity index (χ2n) is 5.33. The fourth-order valence-electron chi connectivity index (χ4n) is 2.27. The Morgan fingerprint density at radius 2 is 1.88 bits per heavy atom. The van der Waals surface area contributed by atoms with Gasteiger partial charge in [-0.15, -0.1) is 24.0 Å². The van der Waals surface area contributed by atoms with Crippen LogP contribution in [0.1, 0.15) is 23.6 Å². The third kappa shape index (κ3) is 6.39. The number of methoxy groups -OCH3 is 1. The van der Waals surface area contributed by atoms with Gasteiger partial charge in [0.2, 0.25) is 0 Å². The van der Waals surface area contributed by atoms with Crippen LogP contribution in [0.5, 0.6) is 5.75 Å². The highest BCUT2D eigenvalue weighted by atomic mass is 127. The second-order valence-corrected chi connectivity index (χ2v) is 5.33. The molecule has 0 atom stereocenters. The van der Waals surface area contributed by atoms with Gasteiger partial charge in [-0.2, -0.15) is 0 Å². The first kappa shape index (κ1) is 20.3. The largest absolute Gasteiger partial charge is 0.497 e. The molecule has 4 nitrogen and oxygen atoms in total. The molecule has 24 heavy (non-hydrogen) atoms. The zero-order valence-electron chi connectivity index (χ0n) is 14.5. The van der Waals surface area contributed by atoms with Crippen molar-refractivity contribution < 1.29 is 4.74 Å². The normalized spacial score (nSPS) is 10.7. The topological polar surface area (TPSA) is 45.7 Å². The van der Waals surface area contributed by atoms with E-state index < -0.39 is 0 Å². The molecule has 2 aromatic rings. The quantitative estimate of drug-likeness (QED) is 0.408. The number of guanidine groups is 1. The SMILES string of the molecule is CCNC(=NCc1cccc(OC)c1)NCc1ccccc1C.I. The molecule has 0 bridgehead atoms. The summed E-state index contributed by atoms with van der Waals surface area (Å²) in [7, 11) is 1.68. The molecule has 0 spiro atoms. The number of halogens is 1. The van der Waals surface area contributed by atoms with Crippen molar-refractivity contribution in [3.8, 4) is 5.75 Å². The minimum absolute atomic E-state index is 0. The van der Waals surface area contributed by atoms with E-state index in [0.717, 1.165) is 30.4 Å². The van der Waals surface area contributed by atoms with Gasteiger partial charge in [-0.25, -0.2) is 4.99 Å². The van der Waals surface area contributed by atoms with Crippen LogP contribution in [0.25, 0.3) is 0 Å². The van der Waals surface area contributed by atoms with Gasteiger partial charge in [-0.1, -0.05) is 36.4 Å². The van der Waals surface area contributed by atoms with Crippen LogP contribution in [-0.4, -0.2) is 19.6 Å². The van der Waals surface area contributed by atoms with Crippen LogP contribution >= 0.6 is 24.0 Å². The van der Waals surface area contributed by atoms with Crippen LogP contribution in [0.3, 0.4) is 0 Å². The molecule has 0 saturated heterocycles. The number of ether oxygens (including phenoxy) is 1. The van der Waals surface area contributed by atoms with E-state index in [1.807, 2.05) is 18.2 Å². The molecule has 0 amide bonds. The molecule has 0 aliphatic heterocycles. The highest BCUT2D eigenvalue weighted by Crippen LogP contribution is 2.13. The number of aliphatic imine (C=N–C) groups is 1. The minimum atomic E-state index is 0. The number of nitrogens with zero attached hydrogens (tertiary/aromatic N) is 1. The first-order chi connectivity index (χ1) is 11.2. The average molecular weight is 439 g/mol. The number of aryl methyl sites for hydroxylation is 1. The van der Waals surface area contributed by atoms with Crippen molar-refractivity contribution in [2.24, 2.45) is 4.99 Å². The molecule has 0 unspecified atom stereocenters. The molecular weight excluding hydrogens is 413 g/mol. The Labute approximate surface area is 161 Å². The Kier molecular flexibility index (Phi) is 9.22. The summed E-state index contributed by atoms with van der Waals surface area (Å²) >= 11 is 0. The van der Waals surface area contributed by atoms with Crippen molar-refractivity contribution in [1.29, 1.82) is 0 Å². The van der Waals surface area contributed by atoms with Crippen molar-refractivity contribution in [2.45, 2.75) is 26.9 Å². The number of benzene rings is 2. The smallest absolute Gasteiger partial charge is 0.191 e. The monoisotopic (exact) mass is 439 g/mol. The first-order valence-corrected chi connectivity index (χ1v) is 7.92. The van der Waals surface area contributed by atoms with Gasteiger partial charge < -0.3 is 15.4 Å². The molecular formula is C19H26IN3O. The van der Waals surface area contributed by atoms with Gasteiger partial charge >= 0.3 is 0 Å². The maximum absolute atomic E-state index is 5.25. The number of hydrogen-bond donors (Lipinski definition) is 2. The molecule has 5 heteroatoms. The minimum Gasteiger partial charge on any atom is -0.497 e. The Bertz CT molecular complexity index is 659. The predicted molar refractivity (Wildman–Crippen MR) is 111 cm³/mol. The maximum atomic E-state index is 5.25. The Balaban J connectivity index is 0.00000288. The third-order valence-corrected chi connectivity index (χ3v) is 3.61. The van der Waals surface area contributed by atoms with E-state index in [4.69, 9.17) is 4.74 Å². The average Bonchev–Trinajstić information content (AvgIpc) is 2.59. The second kappa shape index (κ2) is 10.9. The summed E-state index contributed by atoms with van der Waals surface area (Å²) < 4.78 is 5.25. The van der Waals surface area contributed by atoms with Crippen LogP contribution in [-0.2, 0) is 13.1 Å². The standard InChI is InChI=1S/C19H25N3O.HI/c1-4-20-19(22-14-17-10-6-5-8-15(17)2)21-13-16-9-7-11-18(12-16)23-3;/h5-12H,4,13-14H2,1-3H3,(H2,20,21,22);1H. The predicted octanol–water partition coefficient (Wildman–Crippen LogP) is 3.88. The van der Waals surface area contributed by atoms with Gasteiger partial charge in [-0.05, 0) is 42.7 Å². The Hall–Kier alpha value is -1.76. The third-order valence-electron chi connectivity index (χ3n) is 3.61. The number of rotatable bonds is 6. The van der Waals surface area contributed by atoms with Crippen molar-refractivity contribution >= 4 is 29.9 Å². The summed E-state index contributed by atoms with van der Waals surface area (Å²) in [5.74, 6) is 1.68. The van der Waals surface area contributed by atoms with Gasteiger partial charge in [-0.3, -0.25) is 0 Å². The van der Waals surface area contributed by atoms with Gasteiger partial charge in [0, 0.05) is 13.1 Å². The van der Waals surface area contributed by atoms with Crippen molar-refractivity contribution in [1.82, 2.24) is 10.6 Å². The molecule has 0 saturated carbocycles. The van der Waals surface area contributed by atoms with E-state index in [2.05, 4.69) is 59.8 Å². The van der Waals surface area contributed by atoms with Crippen LogP contribution in [0.4, 0.5) is 0 Å². The van der Waals surface area contributed by atoms with Crippen LogP contribution in [0.15, 0.2) is 53.5 Å². The van der Waals surface area contributed by atoms with Crippen molar-refractivity contribution in [3.05, 3.63) is 65.2 Å². The summed E-state index contributed by atoms with van der Waals surface area (Å²) in [5, 5.41) is 6.66. The van der Waals surface area contributed by atoms with E-state index in [9.17, 15) is 0 Å². The van der Waals surface area contributed by atoms with E-state index in [1.165, 1.54) is 11.1 Å². The molecule has 2 aromatic carbocycles. The molecule has 0 aliphatic rings.